The topological polar surface area (TPSA) is 18.5 Å². The Morgan fingerprint density at radius 2 is 1.27 bits per heavy atom. The van der Waals surface area contributed by atoms with Crippen molar-refractivity contribution in [3.63, 3.8) is 0 Å². The lowest BCUT2D eigenvalue weighted by molar-refractivity contribution is -0.194. The Kier molecular flexibility index (Phi) is 10.4. The SMILES string of the molecule is C1CCCCCOOPPCCCCC1. The lowest BCUT2D eigenvalue weighted by Gasteiger charge is -2.03. The monoisotopic (exact) mass is 250 g/mol. The van der Waals surface area contributed by atoms with E-state index < -0.39 is 0 Å². The van der Waals surface area contributed by atoms with Gasteiger partial charge in [0.15, 0.2) is 0 Å². The van der Waals surface area contributed by atoms with Gasteiger partial charge in [0.1, 0.15) is 0 Å². The summed E-state index contributed by atoms with van der Waals surface area (Å²) in [4.78, 5) is 5.13. The molecule has 15 heavy (non-hydrogen) atoms. The maximum Gasteiger partial charge on any atom is 0.0825 e. The van der Waals surface area contributed by atoms with E-state index in [4.69, 9.17) is 9.56 Å². The lowest BCUT2D eigenvalue weighted by Crippen LogP contribution is -1.90. The minimum Gasteiger partial charge on any atom is -0.233 e. The second-order valence-electron chi connectivity index (χ2n) is 4.12. The van der Waals surface area contributed by atoms with Crippen LogP contribution >= 0.6 is 16.8 Å². The first-order valence-electron chi connectivity index (χ1n) is 6.26. The quantitative estimate of drug-likeness (QED) is 0.460. The van der Waals surface area contributed by atoms with Crippen LogP contribution in [0.2, 0.25) is 0 Å². The molecule has 90 valence electrons. The highest BCUT2D eigenvalue weighted by Gasteiger charge is 1.96. The molecule has 2 unspecified atom stereocenters. The van der Waals surface area contributed by atoms with E-state index in [-0.39, 0.29) is 0 Å². The van der Waals surface area contributed by atoms with E-state index in [1.807, 2.05) is 0 Å². The van der Waals surface area contributed by atoms with Crippen LogP contribution in [-0.4, -0.2) is 12.8 Å². The van der Waals surface area contributed by atoms with Crippen molar-refractivity contribution in [1.82, 2.24) is 0 Å². The first-order valence-corrected chi connectivity index (χ1v) is 9.38. The second-order valence-corrected chi connectivity index (χ2v) is 7.01. The molecule has 1 saturated heterocycles. The molecule has 0 aromatic heterocycles. The summed E-state index contributed by atoms with van der Waals surface area (Å²) in [6.07, 6.45) is 13.7. The van der Waals surface area contributed by atoms with E-state index in [2.05, 4.69) is 0 Å². The molecule has 0 radical (unpaired) electrons. The highest BCUT2D eigenvalue weighted by Crippen LogP contribution is 2.38. The third-order valence-corrected chi connectivity index (χ3v) is 5.08. The van der Waals surface area contributed by atoms with Crippen LogP contribution in [0.3, 0.4) is 0 Å². The first kappa shape index (κ1) is 13.8. The predicted molar refractivity (Wildman–Crippen MR) is 70.1 cm³/mol. The van der Waals surface area contributed by atoms with Gasteiger partial charge in [0, 0.05) is 0 Å². The van der Waals surface area contributed by atoms with Gasteiger partial charge in [-0.3, -0.25) is 0 Å². The average molecular weight is 250 g/mol. The minimum atomic E-state index is 0.577. The van der Waals surface area contributed by atoms with Crippen LogP contribution in [0.5, 0.6) is 0 Å². The summed E-state index contributed by atoms with van der Waals surface area (Å²) in [6, 6.07) is 0. The van der Waals surface area contributed by atoms with Gasteiger partial charge in [0.05, 0.1) is 15.1 Å². The van der Waals surface area contributed by atoms with E-state index in [0.29, 0.717) is 8.50 Å². The summed E-state index contributed by atoms with van der Waals surface area (Å²) < 4.78 is 5.15. The third kappa shape index (κ3) is 9.69. The molecule has 1 heterocycles. The largest absolute Gasteiger partial charge is 0.233 e. The van der Waals surface area contributed by atoms with Crippen molar-refractivity contribution < 1.29 is 9.56 Å². The predicted octanol–water partition coefficient (Wildman–Crippen LogP) is 4.65. The van der Waals surface area contributed by atoms with Crippen molar-refractivity contribution >= 4 is 16.8 Å². The molecule has 0 bridgehead atoms. The number of rotatable bonds is 0. The van der Waals surface area contributed by atoms with E-state index in [9.17, 15) is 0 Å². The molecule has 0 aliphatic carbocycles. The fraction of sp³-hybridized carbons (Fsp3) is 1.00. The van der Waals surface area contributed by atoms with Gasteiger partial charge in [0.25, 0.3) is 0 Å². The van der Waals surface area contributed by atoms with Gasteiger partial charge in [-0.25, -0.2) is 9.56 Å². The van der Waals surface area contributed by atoms with Gasteiger partial charge in [-0.05, 0) is 19.0 Å². The van der Waals surface area contributed by atoms with Crippen LogP contribution in [0.25, 0.3) is 0 Å². The highest BCUT2D eigenvalue weighted by molar-refractivity contribution is 8.09. The molecule has 1 aliphatic heterocycles. The Hall–Kier alpha value is 0.780. The molecule has 1 rings (SSSR count). The van der Waals surface area contributed by atoms with Crippen LogP contribution in [0.15, 0.2) is 0 Å². The minimum absolute atomic E-state index is 0.577. The maximum absolute atomic E-state index is 5.15. The van der Waals surface area contributed by atoms with Gasteiger partial charge in [0.2, 0.25) is 0 Å². The zero-order chi connectivity index (χ0) is 10.6. The fourth-order valence-electron chi connectivity index (χ4n) is 1.76. The van der Waals surface area contributed by atoms with Gasteiger partial charge >= 0.3 is 0 Å². The summed E-state index contributed by atoms with van der Waals surface area (Å²) >= 11 is 0. The van der Waals surface area contributed by atoms with Crippen molar-refractivity contribution in [1.29, 1.82) is 0 Å². The summed E-state index contributed by atoms with van der Waals surface area (Å²) in [5.74, 6) is 0. The van der Waals surface area contributed by atoms with Gasteiger partial charge < -0.3 is 0 Å². The van der Waals surface area contributed by atoms with Crippen molar-refractivity contribution in [3.8, 4) is 0 Å². The smallest absolute Gasteiger partial charge is 0.0825 e. The van der Waals surface area contributed by atoms with E-state index >= 15 is 0 Å². The molecular weight excluding hydrogens is 226 g/mol. The van der Waals surface area contributed by atoms with Crippen molar-refractivity contribution in [2.24, 2.45) is 0 Å². The van der Waals surface area contributed by atoms with Crippen LogP contribution in [0.1, 0.15) is 57.8 Å². The van der Waals surface area contributed by atoms with Gasteiger partial charge in [-0.15, -0.1) is 0 Å². The lowest BCUT2D eigenvalue weighted by atomic mass is 10.1. The summed E-state index contributed by atoms with van der Waals surface area (Å²) in [5, 5.41) is 0. The standard InChI is InChI=1S/C11H24O2P2/c1-2-4-6-8-10-12-13-15-14-11-9-7-5-3-1/h14-15H,1-11H2. The summed E-state index contributed by atoms with van der Waals surface area (Å²) in [7, 11) is 1.53. The van der Waals surface area contributed by atoms with E-state index in [1.165, 1.54) is 57.5 Å². The molecular formula is C11H24O2P2. The van der Waals surface area contributed by atoms with Crippen LogP contribution < -0.4 is 0 Å². The highest BCUT2D eigenvalue weighted by atomic mass is 32.0. The van der Waals surface area contributed by atoms with Crippen molar-refractivity contribution in [2.45, 2.75) is 57.8 Å². The molecule has 0 amide bonds. The first-order chi connectivity index (χ1) is 7.50. The summed E-state index contributed by atoms with van der Waals surface area (Å²) in [6.45, 7) is 0.789. The Bertz CT molecular complexity index is 75.2. The molecule has 4 heteroatoms. The second kappa shape index (κ2) is 11.3. The normalized spacial score (nSPS) is 27.2. The third-order valence-electron chi connectivity index (χ3n) is 2.70. The molecule has 0 aromatic rings. The van der Waals surface area contributed by atoms with Crippen LogP contribution in [0, 0.1) is 0 Å². The number of hydrogen-bond acceptors (Lipinski definition) is 2. The molecule has 2 atom stereocenters. The molecule has 2 nitrogen and oxygen atoms in total. The van der Waals surface area contributed by atoms with Crippen LogP contribution in [0.4, 0.5) is 0 Å². The van der Waals surface area contributed by atoms with Crippen molar-refractivity contribution in [3.05, 3.63) is 0 Å². The zero-order valence-corrected chi connectivity index (χ0v) is 11.6. The van der Waals surface area contributed by atoms with Crippen molar-refractivity contribution in [2.75, 3.05) is 12.8 Å². The van der Waals surface area contributed by atoms with E-state index in [1.54, 1.807) is 0 Å². The average Bonchev–Trinajstić information content (AvgIpc) is 2.27. The molecule has 0 saturated carbocycles. The molecule has 1 aliphatic rings. The van der Waals surface area contributed by atoms with E-state index in [0.717, 1.165) is 21.3 Å². The Balaban J connectivity index is 2.01. The summed E-state index contributed by atoms with van der Waals surface area (Å²) in [5.41, 5.74) is 0. The molecule has 1 fully saturated rings. The molecule has 0 spiro atoms. The Labute approximate surface area is 97.4 Å². The van der Waals surface area contributed by atoms with Gasteiger partial charge in [-0.1, -0.05) is 53.2 Å². The maximum atomic E-state index is 5.15. The zero-order valence-electron chi connectivity index (χ0n) is 9.59. The Morgan fingerprint density at radius 3 is 2.00 bits per heavy atom. The molecule has 0 N–H and O–H groups in total. The molecule has 0 aromatic carbocycles. The fourth-order valence-corrected chi connectivity index (χ4v) is 3.68. The van der Waals surface area contributed by atoms with Gasteiger partial charge in [-0.2, -0.15) is 0 Å². The Morgan fingerprint density at radius 1 is 0.667 bits per heavy atom. The number of hydrogen-bond donors (Lipinski definition) is 0. The van der Waals surface area contributed by atoms with Crippen LogP contribution in [-0.2, 0) is 9.56 Å².